The predicted molar refractivity (Wildman–Crippen MR) is 44.7 cm³/mol. The first-order chi connectivity index (χ1) is 6.29. The molecule has 72 valence electrons. The Bertz CT molecular complexity index is 215. The summed E-state index contributed by atoms with van der Waals surface area (Å²) in [7, 11) is 0. The summed E-state index contributed by atoms with van der Waals surface area (Å²) in [6, 6.07) is 1.93. The number of nitrogens with zero attached hydrogens (tertiary/aromatic N) is 1. The van der Waals surface area contributed by atoms with Crippen molar-refractivity contribution in [2.45, 2.75) is 25.9 Å². The number of hydrogen-bond acceptors (Lipinski definition) is 4. The van der Waals surface area contributed by atoms with E-state index >= 15 is 0 Å². The molecule has 0 spiro atoms. The van der Waals surface area contributed by atoms with E-state index in [9.17, 15) is 4.79 Å². The first kappa shape index (κ1) is 10.0. The number of carbonyl (C=O) groups excluding carboxylic acids is 1. The van der Waals surface area contributed by atoms with Gasteiger partial charge in [-0.3, -0.25) is 4.79 Å². The van der Waals surface area contributed by atoms with Crippen molar-refractivity contribution in [3.63, 3.8) is 0 Å². The third-order valence-corrected chi connectivity index (χ3v) is 2.02. The second kappa shape index (κ2) is 4.83. The maximum Gasteiger partial charge on any atom is 0.326 e. The smallest absolute Gasteiger partial charge is 0.326 e. The van der Waals surface area contributed by atoms with Gasteiger partial charge in [0.2, 0.25) is 0 Å². The van der Waals surface area contributed by atoms with Gasteiger partial charge in [0.1, 0.15) is 0 Å². The lowest BCUT2D eigenvalue weighted by atomic mass is 10.0. The molecule has 4 nitrogen and oxygen atoms in total. The number of hydrogen-bond donors (Lipinski definition) is 0. The zero-order valence-electron chi connectivity index (χ0n) is 7.66. The molecule has 1 aliphatic rings. The lowest BCUT2D eigenvalue weighted by Crippen LogP contribution is -2.28. The van der Waals surface area contributed by atoms with Crippen LogP contribution in [0.4, 0.5) is 0 Å². The molecule has 0 aromatic heterocycles. The van der Waals surface area contributed by atoms with Crippen molar-refractivity contribution >= 4 is 5.97 Å². The van der Waals surface area contributed by atoms with Gasteiger partial charge in [-0.05, 0) is 19.8 Å². The van der Waals surface area contributed by atoms with Gasteiger partial charge >= 0.3 is 5.97 Å². The number of esters is 1. The van der Waals surface area contributed by atoms with Crippen LogP contribution in [0.3, 0.4) is 0 Å². The van der Waals surface area contributed by atoms with E-state index in [0.29, 0.717) is 13.2 Å². The van der Waals surface area contributed by atoms with Gasteiger partial charge in [-0.1, -0.05) is 0 Å². The highest BCUT2D eigenvalue weighted by Gasteiger charge is 2.32. The van der Waals surface area contributed by atoms with Crippen molar-refractivity contribution in [1.29, 1.82) is 5.26 Å². The summed E-state index contributed by atoms with van der Waals surface area (Å²) in [6.07, 6.45) is 1.43. The van der Waals surface area contributed by atoms with Gasteiger partial charge in [0, 0.05) is 6.61 Å². The largest absolute Gasteiger partial charge is 0.465 e. The maximum absolute atomic E-state index is 11.2. The number of nitriles is 1. The van der Waals surface area contributed by atoms with Gasteiger partial charge in [0.05, 0.1) is 18.8 Å². The molecule has 0 saturated carbocycles. The van der Waals surface area contributed by atoms with E-state index < -0.39 is 11.9 Å². The molecule has 2 atom stereocenters. The molecular weight excluding hydrogens is 170 g/mol. The first-order valence-corrected chi connectivity index (χ1v) is 4.47. The van der Waals surface area contributed by atoms with Gasteiger partial charge in [-0.2, -0.15) is 5.26 Å². The normalized spacial score (nSPS) is 23.5. The second-order valence-electron chi connectivity index (χ2n) is 2.91. The van der Waals surface area contributed by atoms with Crippen molar-refractivity contribution in [3.8, 4) is 6.07 Å². The molecule has 0 aromatic carbocycles. The average molecular weight is 183 g/mol. The summed E-state index contributed by atoms with van der Waals surface area (Å²) < 4.78 is 10.0. The van der Waals surface area contributed by atoms with Crippen LogP contribution < -0.4 is 0 Å². The molecule has 13 heavy (non-hydrogen) atoms. The summed E-state index contributed by atoms with van der Waals surface area (Å²) in [6.45, 7) is 2.67. The zero-order chi connectivity index (χ0) is 9.68. The predicted octanol–water partition coefficient (Wildman–Crippen LogP) is 0.868. The topological polar surface area (TPSA) is 59.3 Å². The Morgan fingerprint density at radius 1 is 1.85 bits per heavy atom. The molecule has 1 saturated heterocycles. The van der Waals surface area contributed by atoms with E-state index in [-0.39, 0.29) is 6.10 Å². The molecule has 0 bridgehead atoms. The summed E-state index contributed by atoms with van der Waals surface area (Å²) in [5, 5.41) is 8.75. The second-order valence-corrected chi connectivity index (χ2v) is 2.91. The highest BCUT2D eigenvalue weighted by molar-refractivity contribution is 5.75. The van der Waals surface area contributed by atoms with Crippen molar-refractivity contribution in [2.24, 2.45) is 5.92 Å². The third kappa shape index (κ3) is 2.43. The van der Waals surface area contributed by atoms with Crippen LogP contribution in [0.5, 0.6) is 0 Å². The molecule has 4 heteroatoms. The molecular formula is C9H13NO3. The Hall–Kier alpha value is -1.08. The summed E-state index contributed by atoms with van der Waals surface area (Å²) in [4.78, 5) is 11.2. The Kier molecular flexibility index (Phi) is 3.71. The Morgan fingerprint density at radius 3 is 3.08 bits per heavy atom. The summed E-state index contributed by atoms with van der Waals surface area (Å²) in [5.41, 5.74) is 0. The molecule has 1 heterocycles. The van der Waals surface area contributed by atoms with Crippen molar-refractivity contribution in [2.75, 3.05) is 13.2 Å². The van der Waals surface area contributed by atoms with Gasteiger partial charge in [0.15, 0.2) is 5.92 Å². The minimum Gasteiger partial charge on any atom is -0.465 e. The van der Waals surface area contributed by atoms with E-state index in [0.717, 1.165) is 12.8 Å². The molecule has 0 aliphatic carbocycles. The fourth-order valence-corrected chi connectivity index (χ4v) is 1.39. The average Bonchev–Trinajstić information content (AvgIpc) is 2.59. The van der Waals surface area contributed by atoms with Crippen LogP contribution in [0.1, 0.15) is 19.8 Å². The van der Waals surface area contributed by atoms with Crippen LogP contribution in [-0.4, -0.2) is 25.3 Å². The molecule has 1 rings (SSSR count). The van der Waals surface area contributed by atoms with E-state index in [1.165, 1.54) is 0 Å². The lowest BCUT2D eigenvalue weighted by Gasteiger charge is -2.13. The van der Waals surface area contributed by atoms with Gasteiger partial charge < -0.3 is 9.47 Å². The molecule has 1 aliphatic heterocycles. The van der Waals surface area contributed by atoms with E-state index in [2.05, 4.69) is 0 Å². The highest BCUT2D eigenvalue weighted by Crippen LogP contribution is 2.20. The van der Waals surface area contributed by atoms with E-state index in [1.807, 2.05) is 6.07 Å². The van der Waals surface area contributed by atoms with Crippen LogP contribution in [0.25, 0.3) is 0 Å². The zero-order valence-corrected chi connectivity index (χ0v) is 7.66. The molecule has 0 N–H and O–H groups in total. The van der Waals surface area contributed by atoms with Crippen LogP contribution in [0.2, 0.25) is 0 Å². The van der Waals surface area contributed by atoms with E-state index in [4.69, 9.17) is 14.7 Å². The van der Waals surface area contributed by atoms with Crippen LogP contribution in [0.15, 0.2) is 0 Å². The molecule has 2 unspecified atom stereocenters. The summed E-state index contributed by atoms with van der Waals surface area (Å²) >= 11 is 0. The SMILES string of the molecule is CCOC(=O)C(C#N)C1CCCO1. The van der Waals surface area contributed by atoms with Gasteiger partial charge in [-0.15, -0.1) is 0 Å². The molecule has 0 amide bonds. The number of carbonyl (C=O) groups is 1. The number of ether oxygens (including phenoxy) is 2. The number of rotatable bonds is 3. The molecule has 0 aromatic rings. The Balaban J connectivity index is 2.51. The Labute approximate surface area is 77.4 Å². The third-order valence-electron chi connectivity index (χ3n) is 2.02. The van der Waals surface area contributed by atoms with Crippen molar-refractivity contribution in [1.82, 2.24) is 0 Å². The standard InChI is InChI=1S/C9H13NO3/c1-2-12-9(11)7(6-10)8-4-3-5-13-8/h7-8H,2-5H2,1H3. The highest BCUT2D eigenvalue weighted by atomic mass is 16.5. The lowest BCUT2D eigenvalue weighted by molar-refractivity contribution is -0.149. The molecule has 1 fully saturated rings. The van der Waals surface area contributed by atoms with Crippen LogP contribution in [-0.2, 0) is 14.3 Å². The fraction of sp³-hybridized carbons (Fsp3) is 0.778. The van der Waals surface area contributed by atoms with Crippen molar-refractivity contribution < 1.29 is 14.3 Å². The van der Waals surface area contributed by atoms with Crippen LogP contribution >= 0.6 is 0 Å². The van der Waals surface area contributed by atoms with E-state index in [1.54, 1.807) is 6.92 Å². The summed E-state index contributed by atoms with van der Waals surface area (Å²) in [5.74, 6) is -1.21. The quantitative estimate of drug-likeness (QED) is 0.609. The first-order valence-electron chi connectivity index (χ1n) is 4.47. The Morgan fingerprint density at radius 2 is 2.62 bits per heavy atom. The minimum atomic E-state index is -0.748. The monoisotopic (exact) mass is 183 g/mol. The maximum atomic E-state index is 11.2. The van der Waals surface area contributed by atoms with Crippen molar-refractivity contribution in [3.05, 3.63) is 0 Å². The van der Waals surface area contributed by atoms with Gasteiger partial charge in [-0.25, -0.2) is 0 Å². The molecule has 0 radical (unpaired) electrons. The van der Waals surface area contributed by atoms with Gasteiger partial charge in [0.25, 0.3) is 0 Å². The fourth-order valence-electron chi connectivity index (χ4n) is 1.39. The van der Waals surface area contributed by atoms with Crippen LogP contribution in [0, 0.1) is 17.2 Å². The minimum absolute atomic E-state index is 0.260.